The van der Waals surface area contributed by atoms with Crippen molar-refractivity contribution >= 4 is 0 Å². The molecule has 2 nitrogen and oxygen atoms in total. The summed E-state index contributed by atoms with van der Waals surface area (Å²) in [6, 6.07) is 1.48. The molecular formula is C16H34N2. The average molecular weight is 254 g/mol. The summed E-state index contributed by atoms with van der Waals surface area (Å²) in [4.78, 5) is 2.74. The Morgan fingerprint density at radius 1 is 1.28 bits per heavy atom. The maximum absolute atomic E-state index is 3.71. The zero-order chi connectivity index (χ0) is 13.5. The minimum atomic E-state index is 0.728. The second kappa shape index (κ2) is 8.16. The molecule has 4 atom stereocenters. The van der Waals surface area contributed by atoms with Gasteiger partial charge in [0.2, 0.25) is 0 Å². The van der Waals surface area contributed by atoms with E-state index in [0.717, 1.165) is 23.9 Å². The lowest BCUT2D eigenvalue weighted by Crippen LogP contribution is -2.46. The fraction of sp³-hybridized carbons (Fsp3) is 1.00. The topological polar surface area (TPSA) is 15.3 Å². The van der Waals surface area contributed by atoms with Crippen LogP contribution in [0.25, 0.3) is 0 Å². The zero-order valence-electron chi connectivity index (χ0n) is 13.2. The van der Waals surface area contributed by atoms with E-state index in [1.807, 2.05) is 0 Å². The summed E-state index contributed by atoms with van der Waals surface area (Å²) in [6.07, 6.45) is 5.24. The van der Waals surface area contributed by atoms with Crippen LogP contribution in [-0.4, -0.2) is 36.6 Å². The fourth-order valence-electron chi connectivity index (χ4n) is 2.99. The summed E-state index contributed by atoms with van der Waals surface area (Å²) in [6.45, 7) is 15.5. The first kappa shape index (κ1) is 16.0. The van der Waals surface area contributed by atoms with Crippen molar-refractivity contribution in [1.29, 1.82) is 0 Å². The van der Waals surface area contributed by atoms with E-state index in [-0.39, 0.29) is 0 Å². The van der Waals surface area contributed by atoms with Gasteiger partial charge in [-0.15, -0.1) is 0 Å². The van der Waals surface area contributed by atoms with Crippen molar-refractivity contribution in [3.8, 4) is 0 Å². The van der Waals surface area contributed by atoms with E-state index in [1.54, 1.807) is 0 Å². The van der Waals surface area contributed by atoms with Gasteiger partial charge in [0.15, 0.2) is 0 Å². The van der Waals surface area contributed by atoms with Gasteiger partial charge >= 0.3 is 0 Å². The lowest BCUT2D eigenvalue weighted by atomic mass is 9.97. The van der Waals surface area contributed by atoms with Crippen LogP contribution in [0.1, 0.15) is 60.3 Å². The van der Waals surface area contributed by atoms with E-state index < -0.39 is 0 Å². The van der Waals surface area contributed by atoms with Gasteiger partial charge < -0.3 is 10.2 Å². The second-order valence-electron chi connectivity index (χ2n) is 6.50. The van der Waals surface area contributed by atoms with Crippen LogP contribution in [0.4, 0.5) is 0 Å². The molecule has 4 unspecified atom stereocenters. The lowest BCUT2D eigenvalue weighted by molar-refractivity contribution is 0.136. The Hall–Kier alpha value is -0.0800. The Balaban J connectivity index is 2.50. The minimum absolute atomic E-state index is 0.728. The Kier molecular flexibility index (Phi) is 7.25. The molecule has 0 amide bonds. The minimum Gasteiger partial charge on any atom is -0.314 e. The van der Waals surface area contributed by atoms with Crippen LogP contribution in [0.3, 0.4) is 0 Å². The molecule has 1 saturated heterocycles. The van der Waals surface area contributed by atoms with Crippen LogP contribution in [0.5, 0.6) is 0 Å². The molecule has 108 valence electrons. The molecule has 0 aromatic heterocycles. The second-order valence-corrected chi connectivity index (χ2v) is 6.50. The molecule has 18 heavy (non-hydrogen) atoms. The molecule has 1 aliphatic heterocycles. The molecule has 0 spiro atoms. The van der Waals surface area contributed by atoms with Crippen molar-refractivity contribution < 1.29 is 0 Å². The van der Waals surface area contributed by atoms with Gasteiger partial charge in [0.1, 0.15) is 0 Å². The highest BCUT2D eigenvalue weighted by molar-refractivity contribution is 4.79. The molecule has 0 aromatic carbocycles. The number of hydrogen-bond acceptors (Lipinski definition) is 2. The summed E-state index contributed by atoms with van der Waals surface area (Å²) in [5.74, 6) is 1.64. The molecule has 2 heteroatoms. The monoisotopic (exact) mass is 254 g/mol. The zero-order valence-corrected chi connectivity index (χ0v) is 13.2. The number of nitrogens with one attached hydrogen (secondary N) is 1. The van der Waals surface area contributed by atoms with Gasteiger partial charge in [0.05, 0.1) is 0 Å². The van der Waals surface area contributed by atoms with Crippen LogP contribution in [0.2, 0.25) is 0 Å². The van der Waals surface area contributed by atoms with Crippen molar-refractivity contribution in [2.24, 2.45) is 11.8 Å². The molecule has 0 bridgehead atoms. The highest BCUT2D eigenvalue weighted by Crippen LogP contribution is 2.18. The molecule has 0 aliphatic carbocycles. The van der Waals surface area contributed by atoms with Gasteiger partial charge in [-0.3, -0.25) is 0 Å². The Morgan fingerprint density at radius 2 is 2.00 bits per heavy atom. The predicted molar refractivity (Wildman–Crippen MR) is 81.0 cm³/mol. The van der Waals surface area contributed by atoms with Gasteiger partial charge in [-0.05, 0) is 51.1 Å². The summed E-state index contributed by atoms with van der Waals surface area (Å²) in [7, 11) is 0. The van der Waals surface area contributed by atoms with Crippen molar-refractivity contribution in [1.82, 2.24) is 10.2 Å². The average Bonchev–Trinajstić information content (AvgIpc) is 2.34. The highest BCUT2D eigenvalue weighted by Gasteiger charge is 2.22. The first-order valence-electron chi connectivity index (χ1n) is 8.04. The van der Waals surface area contributed by atoms with Crippen molar-refractivity contribution in [2.45, 2.75) is 72.4 Å². The van der Waals surface area contributed by atoms with Crippen molar-refractivity contribution in [3.05, 3.63) is 0 Å². The van der Waals surface area contributed by atoms with E-state index in [2.05, 4.69) is 44.8 Å². The fourth-order valence-corrected chi connectivity index (χ4v) is 2.99. The molecule has 0 saturated carbocycles. The first-order valence-corrected chi connectivity index (χ1v) is 8.04. The van der Waals surface area contributed by atoms with Crippen LogP contribution in [-0.2, 0) is 0 Å². The van der Waals surface area contributed by atoms with E-state index in [4.69, 9.17) is 0 Å². The van der Waals surface area contributed by atoms with E-state index in [0.29, 0.717) is 0 Å². The maximum Gasteiger partial charge on any atom is 0.00767 e. The summed E-state index contributed by atoms with van der Waals surface area (Å²) < 4.78 is 0. The predicted octanol–water partition coefficient (Wildman–Crippen LogP) is 3.52. The van der Waals surface area contributed by atoms with Gasteiger partial charge in [0.25, 0.3) is 0 Å². The van der Waals surface area contributed by atoms with Crippen LogP contribution in [0, 0.1) is 11.8 Å². The normalized spacial score (nSPS) is 30.5. The molecule has 0 aromatic rings. The quantitative estimate of drug-likeness (QED) is 0.807. The summed E-state index contributed by atoms with van der Waals surface area (Å²) in [5, 5.41) is 3.71. The summed E-state index contributed by atoms with van der Waals surface area (Å²) in [5.41, 5.74) is 0. The molecule has 1 heterocycles. The smallest absolute Gasteiger partial charge is 0.00767 e. The third-order valence-corrected chi connectivity index (χ3v) is 4.62. The van der Waals surface area contributed by atoms with E-state index in [9.17, 15) is 0 Å². The Morgan fingerprint density at radius 3 is 2.61 bits per heavy atom. The van der Waals surface area contributed by atoms with Gasteiger partial charge in [-0.25, -0.2) is 0 Å². The molecule has 0 radical (unpaired) electrons. The highest BCUT2D eigenvalue weighted by atomic mass is 15.2. The molecule has 1 aliphatic rings. The van der Waals surface area contributed by atoms with Crippen molar-refractivity contribution in [3.63, 3.8) is 0 Å². The van der Waals surface area contributed by atoms with Gasteiger partial charge in [0, 0.05) is 18.6 Å². The molecule has 1 N–H and O–H groups in total. The number of nitrogens with zero attached hydrogens (tertiary/aromatic N) is 1. The number of hydrogen-bond donors (Lipinski definition) is 1. The van der Waals surface area contributed by atoms with Crippen LogP contribution < -0.4 is 5.32 Å². The van der Waals surface area contributed by atoms with Gasteiger partial charge in [-0.1, -0.05) is 34.1 Å². The molecule has 1 fully saturated rings. The van der Waals surface area contributed by atoms with Gasteiger partial charge in [-0.2, -0.15) is 0 Å². The third-order valence-electron chi connectivity index (χ3n) is 4.62. The lowest BCUT2D eigenvalue weighted by Gasteiger charge is -2.36. The Labute approximate surface area is 115 Å². The maximum atomic E-state index is 3.71. The SMILES string of the molecule is CCC(C)CC(C)N1CCC(CC)NCC(C)C1. The van der Waals surface area contributed by atoms with Crippen LogP contribution >= 0.6 is 0 Å². The largest absolute Gasteiger partial charge is 0.314 e. The summed E-state index contributed by atoms with van der Waals surface area (Å²) >= 11 is 0. The van der Waals surface area contributed by atoms with E-state index >= 15 is 0 Å². The Bertz CT molecular complexity index is 217. The van der Waals surface area contributed by atoms with Crippen molar-refractivity contribution in [2.75, 3.05) is 19.6 Å². The third kappa shape index (κ3) is 5.27. The standard InChI is InChI=1S/C16H34N2/c1-6-13(3)10-15(5)18-9-8-16(7-2)17-11-14(4)12-18/h13-17H,6-12H2,1-5H3. The van der Waals surface area contributed by atoms with Crippen LogP contribution in [0.15, 0.2) is 0 Å². The van der Waals surface area contributed by atoms with E-state index in [1.165, 1.54) is 45.3 Å². The molecule has 1 rings (SSSR count). The number of rotatable bonds is 5. The first-order chi connectivity index (χ1) is 8.56. The molecular weight excluding hydrogens is 220 g/mol.